The van der Waals surface area contributed by atoms with E-state index in [1.807, 2.05) is 6.92 Å². The molecule has 1 unspecified atom stereocenters. The second-order valence-corrected chi connectivity index (χ2v) is 7.89. The minimum Gasteiger partial charge on any atom is -0.465 e. The number of nitrogens with zero attached hydrogens (tertiary/aromatic N) is 2. The fourth-order valence-electron chi connectivity index (χ4n) is 2.54. The summed E-state index contributed by atoms with van der Waals surface area (Å²) in [6, 6.07) is 0. The van der Waals surface area contributed by atoms with E-state index in [9.17, 15) is 9.59 Å². The molecule has 6 nitrogen and oxygen atoms in total. The van der Waals surface area contributed by atoms with E-state index in [0.29, 0.717) is 22.5 Å². The highest BCUT2D eigenvalue weighted by atomic mass is 32.2. The quantitative estimate of drug-likeness (QED) is 0.457. The smallest absolute Gasteiger partial charge is 0.319 e. The van der Waals surface area contributed by atoms with Crippen LogP contribution in [0.1, 0.15) is 52.4 Å². The van der Waals surface area contributed by atoms with Crippen LogP contribution in [-0.4, -0.2) is 33.9 Å². The van der Waals surface area contributed by atoms with Gasteiger partial charge in [-0.25, -0.2) is 0 Å². The SMILES string of the molecule is CCOC(=O)C(CC)Sc1nnc(NC(=O)C2CCCCC2)s1. The number of anilines is 1. The molecule has 1 saturated carbocycles. The first-order valence-corrected chi connectivity index (χ1v) is 9.81. The fourth-order valence-corrected chi connectivity index (χ4v) is 4.46. The van der Waals surface area contributed by atoms with Gasteiger partial charge in [0.05, 0.1) is 6.61 Å². The number of ether oxygens (including phenoxy) is 1. The molecule has 1 atom stereocenters. The highest BCUT2D eigenvalue weighted by Gasteiger charge is 2.24. The molecule has 1 aliphatic carbocycles. The van der Waals surface area contributed by atoms with Gasteiger partial charge in [0.2, 0.25) is 11.0 Å². The Morgan fingerprint density at radius 1 is 1.30 bits per heavy atom. The number of carbonyl (C=O) groups excluding carboxylic acids is 2. The van der Waals surface area contributed by atoms with E-state index in [4.69, 9.17) is 4.74 Å². The number of aromatic nitrogens is 2. The standard InChI is InChI=1S/C15H23N3O3S2/c1-3-11(13(20)21-4-2)22-15-18-17-14(23-15)16-12(19)10-8-6-5-7-9-10/h10-11H,3-9H2,1-2H3,(H,16,17,19). The number of thioether (sulfide) groups is 1. The van der Waals surface area contributed by atoms with Gasteiger partial charge in [-0.3, -0.25) is 9.59 Å². The first kappa shape index (κ1) is 18.2. The molecule has 0 aromatic carbocycles. The van der Waals surface area contributed by atoms with E-state index in [2.05, 4.69) is 15.5 Å². The lowest BCUT2D eigenvalue weighted by atomic mass is 9.89. The summed E-state index contributed by atoms with van der Waals surface area (Å²) in [6.45, 7) is 4.09. The van der Waals surface area contributed by atoms with Crippen LogP contribution in [0, 0.1) is 5.92 Å². The molecular formula is C15H23N3O3S2. The van der Waals surface area contributed by atoms with Crippen LogP contribution in [0.15, 0.2) is 4.34 Å². The predicted molar refractivity (Wildman–Crippen MR) is 91.7 cm³/mol. The van der Waals surface area contributed by atoms with Crippen LogP contribution in [0.25, 0.3) is 0 Å². The molecule has 1 heterocycles. The molecule has 1 N–H and O–H groups in total. The van der Waals surface area contributed by atoms with Gasteiger partial charge in [0, 0.05) is 5.92 Å². The van der Waals surface area contributed by atoms with E-state index < -0.39 is 0 Å². The second kappa shape index (κ2) is 9.22. The summed E-state index contributed by atoms with van der Waals surface area (Å²) in [5, 5.41) is 11.1. The first-order chi connectivity index (χ1) is 11.1. The largest absolute Gasteiger partial charge is 0.465 e. The summed E-state index contributed by atoms with van der Waals surface area (Å²) in [6.07, 6.45) is 6.02. The fraction of sp³-hybridized carbons (Fsp3) is 0.733. The maximum Gasteiger partial charge on any atom is 0.319 e. The zero-order valence-corrected chi connectivity index (χ0v) is 15.2. The van der Waals surface area contributed by atoms with Crippen molar-refractivity contribution in [3.05, 3.63) is 0 Å². The van der Waals surface area contributed by atoms with Gasteiger partial charge in [-0.05, 0) is 26.2 Å². The summed E-state index contributed by atoms with van der Waals surface area (Å²) in [7, 11) is 0. The number of carbonyl (C=O) groups is 2. The molecule has 1 fully saturated rings. The molecule has 0 saturated heterocycles. The summed E-state index contributed by atoms with van der Waals surface area (Å²) < 4.78 is 5.71. The van der Waals surface area contributed by atoms with Crippen LogP contribution in [-0.2, 0) is 14.3 Å². The summed E-state index contributed by atoms with van der Waals surface area (Å²) >= 11 is 2.64. The third-order valence-electron chi connectivity index (χ3n) is 3.78. The van der Waals surface area contributed by atoms with Gasteiger partial charge < -0.3 is 10.1 Å². The number of esters is 1. The number of amides is 1. The van der Waals surface area contributed by atoms with Crippen molar-refractivity contribution >= 4 is 40.1 Å². The number of rotatable bonds is 7. The molecule has 0 spiro atoms. The van der Waals surface area contributed by atoms with Crippen molar-refractivity contribution in [3.8, 4) is 0 Å². The molecule has 1 aromatic heterocycles. The molecule has 1 aromatic rings. The lowest BCUT2D eigenvalue weighted by Crippen LogP contribution is -2.24. The molecule has 23 heavy (non-hydrogen) atoms. The Kier molecular flexibility index (Phi) is 7.29. The minimum absolute atomic E-state index is 0.0369. The molecular weight excluding hydrogens is 334 g/mol. The van der Waals surface area contributed by atoms with E-state index >= 15 is 0 Å². The Morgan fingerprint density at radius 3 is 2.70 bits per heavy atom. The lowest BCUT2D eigenvalue weighted by Gasteiger charge is -2.19. The van der Waals surface area contributed by atoms with Crippen LogP contribution in [0.3, 0.4) is 0 Å². The Bertz CT molecular complexity index is 530. The van der Waals surface area contributed by atoms with Gasteiger partial charge in [0.25, 0.3) is 0 Å². The van der Waals surface area contributed by atoms with Gasteiger partial charge in [-0.2, -0.15) is 0 Å². The number of hydrogen-bond acceptors (Lipinski definition) is 7. The highest BCUT2D eigenvalue weighted by Crippen LogP contribution is 2.32. The molecule has 128 valence electrons. The maximum atomic E-state index is 12.2. The van der Waals surface area contributed by atoms with Crippen LogP contribution < -0.4 is 5.32 Å². The highest BCUT2D eigenvalue weighted by molar-refractivity contribution is 8.02. The van der Waals surface area contributed by atoms with Gasteiger partial charge >= 0.3 is 5.97 Å². The Labute approximate surface area is 144 Å². The zero-order valence-electron chi connectivity index (χ0n) is 13.5. The Hall–Kier alpha value is -1.15. The minimum atomic E-state index is -0.287. The van der Waals surface area contributed by atoms with Crippen molar-refractivity contribution in [3.63, 3.8) is 0 Å². The molecule has 0 bridgehead atoms. The van der Waals surface area contributed by atoms with Crippen LogP contribution in [0.4, 0.5) is 5.13 Å². The normalized spacial score (nSPS) is 16.8. The van der Waals surface area contributed by atoms with E-state index in [0.717, 1.165) is 25.7 Å². The van der Waals surface area contributed by atoms with E-state index in [1.54, 1.807) is 6.92 Å². The number of hydrogen-bond donors (Lipinski definition) is 1. The van der Waals surface area contributed by atoms with Gasteiger partial charge in [-0.1, -0.05) is 49.3 Å². The summed E-state index contributed by atoms with van der Waals surface area (Å²) in [4.78, 5) is 24.0. The van der Waals surface area contributed by atoms with Crippen LogP contribution in [0.5, 0.6) is 0 Å². The van der Waals surface area contributed by atoms with Crippen molar-refractivity contribution < 1.29 is 14.3 Å². The third-order valence-corrected chi connectivity index (χ3v) is 6.04. The number of nitrogens with one attached hydrogen (secondary N) is 1. The van der Waals surface area contributed by atoms with E-state index in [1.165, 1.54) is 29.5 Å². The average molecular weight is 358 g/mol. The third kappa shape index (κ3) is 5.46. The first-order valence-electron chi connectivity index (χ1n) is 8.11. The molecule has 1 aliphatic rings. The van der Waals surface area contributed by atoms with Gasteiger partial charge in [0.15, 0.2) is 4.34 Å². The molecule has 1 amide bonds. The van der Waals surface area contributed by atoms with E-state index in [-0.39, 0.29) is 23.0 Å². The van der Waals surface area contributed by atoms with Gasteiger partial charge in [-0.15, -0.1) is 10.2 Å². The zero-order chi connectivity index (χ0) is 16.7. The summed E-state index contributed by atoms with van der Waals surface area (Å²) in [5.74, 6) is -0.107. The average Bonchev–Trinajstić information content (AvgIpc) is 3.00. The van der Waals surface area contributed by atoms with Crippen molar-refractivity contribution in [2.24, 2.45) is 5.92 Å². The lowest BCUT2D eigenvalue weighted by molar-refractivity contribution is -0.142. The van der Waals surface area contributed by atoms with Crippen molar-refractivity contribution in [2.45, 2.75) is 62.0 Å². The predicted octanol–water partition coefficient (Wildman–Crippen LogP) is 3.49. The van der Waals surface area contributed by atoms with Crippen molar-refractivity contribution in [1.82, 2.24) is 10.2 Å². The Morgan fingerprint density at radius 2 is 2.04 bits per heavy atom. The maximum absolute atomic E-state index is 12.2. The molecule has 0 aliphatic heterocycles. The van der Waals surface area contributed by atoms with Crippen molar-refractivity contribution in [1.29, 1.82) is 0 Å². The second-order valence-electron chi connectivity index (χ2n) is 5.46. The molecule has 8 heteroatoms. The monoisotopic (exact) mass is 357 g/mol. The topological polar surface area (TPSA) is 81.2 Å². The van der Waals surface area contributed by atoms with Crippen LogP contribution >= 0.6 is 23.1 Å². The van der Waals surface area contributed by atoms with Crippen molar-refractivity contribution in [2.75, 3.05) is 11.9 Å². The Balaban J connectivity index is 1.89. The molecule has 0 radical (unpaired) electrons. The van der Waals surface area contributed by atoms with Crippen LogP contribution in [0.2, 0.25) is 0 Å². The molecule has 2 rings (SSSR count). The summed E-state index contributed by atoms with van der Waals surface area (Å²) in [5.41, 5.74) is 0. The van der Waals surface area contributed by atoms with Gasteiger partial charge in [0.1, 0.15) is 5.25 Å².